The molecular formula is C25H24F3N3O4S. The number of aromatic nitrogens is 3. The fourth-order valence-corrected chi connectivity index (χ4v) is 3.95. The third-order valence-corrected chi connectivity index (χ3v) is 5.91. The molecule has 2 aromatic heterocycles. The van der Waals surface area contributed by atoms with Crippen molar-refractivity contribution in [2.45, 2.75) is 38.5 Å². The lowest BCUT2D eigenvalue weighted by Gasteiger charge is -2.13. The summed E-state index contributed by atoms with van der Waals surface area (Å²) in [6, 6.07) is 15.8. The van der Waals surface area contributed by atoms with Crippen molar-refractivity contribution >= 4 is 29.0 Å². The Morgan fingerprint density at radius 1 is 1.08 bits per heavy atom. The van der Waals surface area contributed by atoms with Crippen molar-refractivity contribution < 1.29 is 33.0 Å². The van der Waals surface area contributed by atoms with E-state index in [2.05, 4.69) is 9.97 Å². The Labute approximate surface area is 210 Å². The number of imidazole rings is 1. The Morgan fingerprint density at radius 3 is 2.58 bits per heavy atom. The first-order chi connectivity index (χ1) is 17.2. The highest BCUT2D eigenvalue weighted by molar-refractivity contribution is 7.94. The zero-order chi connectivity index (χ0) is 25.7. The van der Waals surface area contributed by atoms with Crippen molar-refractivity contribution in [3.8, 4) is 5.75 Å². The van der Waals surface area contributed by atoms with Crippen LogP contribution in [-0.2, 0) is 22.3 Å². The number of carbonyl (C=O) groups is 1. The number of rotatable bonds is 9. The second-order valence-corrected chi connectivity index (χ2v) is 8.64. The van der Waals surface area contributed by atoms with Crippen molar-refractivity contribution in [2.24, 2.45) is 0 Å². The first kappa shape index (κ1) is 25.5. The highest BCUT2D eigenvalue weighted by Gasteiger charge is 2.29. The number of nitrogens with zero attached hydrogens (tertiary/aromatic N) is 3. The molecule has 0 saturated heterocycles. The van der Waals surface area contributed by atoms with Crippen molar-refractivity contribution in [3.63, 3.8) is 0 Å². The minimum atomic E-state index is -4.44. The molecule has 0 N–H and O–H groups in total. The number of carbonyl (C=O) groups excluding carboxylic acids is 1. The number of aryl methyl sites for hydroxylation is 1. The van der Waals surface area contributed by atoms with Crippen LogP contribution in [0.1, 0.15) is 28.6 Å². The maximum Gasteiger partial charge on any atom is 0.422 e. The van der Waals surface area contributed by atoms with E-state index in [1.165, 1.54) is 12.3 Å². The van der Waals surface area contributed by atoms with Gasteiger partial charge in [-0.25, -0.2) is 9.78 Å². The van der Waals surface area contributed by atoms with Crippen LogP contribution in [0.15, 0.2) is 66.0 Å². The van der Waals surface area contributed by atoms with Gasteiger partial charge in [-0.1, -0.05) is 29.8 Å². The summed E-state index contributed by atoms with van der Waals surface area (Å²) in [7, 11) is 0. The summed E-state index contributed by atoms with van der Waals surface area (Å²) in [6.45, 7) is 2.06. The second-order valence-electron chi connectivity index (χ2n) is 7.87. The van der Waals surface area contributed by atoms with Crippen LogP contribution in [0.3, 0.4) is 0 Å². The molecule has 190 valence electrons. The molecule has 0 aliphatic heterocycles. The summed E-state index contributed by atoms with van der Waals surface area (Å²) in [5.74, 6) is -0.388. The number of hydrogen-bond donors (Lipinski definition) is 0. The highest BCUT2D eigenvalue weighted by atomic mass is 32.2. The lowest BCUT2D eigenvalue weighted by Crippen LogP contribution is -2.19. The number of fused-ring (bicyclic) bond motifs is 1. The number of benzene rings is 2. The van der Waals surface area contributed by atoms with E-state index in [4.69, 9.17) is 13.7 Å². The van der Waals surface area contributed by atoms with Gasteiger partial charge in [0.2, 0.25) is 0 Å². The van der Waals surface area contributed by atoms with Crippen LogP contribution in [0.4, 0.5) is 13.2 Å². The zero-order valence-corrected chi connectivity index (χ0v) is 20.2. The Bertz CT molecular complexity index is 1360. The standard InChI is InChI=1S/C25H22F3N3O4S.H2/c1-16-7-9-18(10-8-16)23(32)34-15-31-21-6-4-3-5-19(21)30-24(31)36-35-13-20-17(2)22(11-12-29-20)33-14-25(26,27)28;/h3-12H,13-15H2,1-2H3;1H. The van der Waals surface area contributed by atoms with Gasteiger partial charge in [-0.3, -0.25) is 9.55 Å². The van der Waals surface area contributed by atoms with Crippen molar-refractivity contribution in [1.29, 1.82) is 0 Å². The average molecular weight is 520 g/mol. The van der Waals surface area contributed by atoms with E-state index in [-0.39, 0.29) is 20.5 Å². The number of ether oxygens (including phenoxy) is 2. The first-order valence-corrected chi connectivity index (χ1v) is 11.6. The van der Waals surface area contributed by atoms with Gasteiger partial charge in [0.25, 0.3) is 0 Å². The van der Waals surface area contributed by atoms with Gasteiger partial charge >= 0.3 is 12.1 Å². The molecule has 0 bridgehead atoms. The molecule has 0 atom stereocenters. The van der Waals surface area contributed by atoms with E-state index >= 15 is 0 Å². The third kappa shape index (κ3) is 6.35. The molecule has 0 aliphatic carbocycles. The predicted octanol–water partition coefficient (Wildman–Crippen LogP) is 6.27. The number of alkyl halides is 3. The molecular weight excluding hydrogens is 495 g/mol. The SMILES string of the molecule is Cc1ccc(C(=O)OCn2c(SOCc3nccc(OCC(F)(F)F)c3C)nc3ccccc32)cc1.[HH]. The number of hydrogen-bond acceptors (Lipinski definition) is 7. The summed E-state index contributed by atoms with van der Waals surface area (Å²) in [4.78, 5) is 21.2. The fraction of sp³-hybridized carbons (Fsp3) is 0.240. The molecule has 0 radical (unpaired) electrons. The average Bonchev–Trinajstić information content (AvgIpc) is 3.20. The largest absolute Gasteiger partial charge is 0.484 e. The Morgan fingerprint density at radius 2 is 1.83 bits per heavy atom. The predicted molar refractivity (Wildman–Crippen MR) is 130 cm³/mol. The van der Waals surface area contributed by atoms with Gasteiger partial charge in [-0.05, 0) is 44.2 Å². The van der Waals surface area contributed by atoms with Gasteiger partial charge in [0.15, 0.2) is 18.5 Å². The fourth-order valence-electron chi connectivity index (χ4n) is 3.30. The highest BCUT2D eigenvalue weighted by Crippen LogP contribution is 2.28. The van der Waals surface area contributed by atoms with Crippen LogP contribution in [0.25, 0.3) is 11.0 Å². The summed E-state index contributed by atoms with van der Waals surface area (Å²) < 4.78 is 55.3. The molecule has 0 aliphatic rings. The molecule has 0 fully saturated rings. The zero-order valence-electron chi connectivity index (χ0n) is 19.4. The van der Waals surface area contributed by atoms with Crippen LogP contribution in [-0.4, -0.2) is 33.3 Å². The van der Waals surface area contributed by atoms with Gasteiger partial charge in [0.1, 0.15) is 12.4 Å². The molecule has 4 rings (SSSR count). The Hall–Kier alpha value is -3.57. The lowest BCUT2D eigenvalue weighted by atomic mass is 10.2. The third-order valence-electron chi connectivity index (χ3n) is 5.21. The summed E-state index contributed by atoms with van der Waals surface area (Å²) in [5.41, 5.74) is 3.78. The second kappa shape index (κ2) is 11.0. The minimum Gasteiger partial charge on any atom is -0.484 e. The molecule has 0 saturated carbocycles. The van der Waals surface area contributed by atoms with E-state index in [1.807, 2.05) is 43.3 Å². The van der Waals surface area contributed by atoms with Crippen molar-refractivity contribution in [1.82, 2.24) is 14.5 Å². The molecule has 0 unspecified atom stereocenters. The molecule has 2 aromatic carbocycles. The summed E-state index contributed by atoms with van der Waals surface area (Å²) in [5, 5.41) is 0.440. The molecule has 7 nitrogen and oxygen atoms in total. The van der Waals surface area contributed by atoms with Crippen LogP contribution in [0, 0.1) is 13.8 Å². The van der Waals surface area contributed by atoms with Crippen LogP contribution in [0.5, 0.6) is 5.75 Å². The monoisotopic (exact) mass is 519 g/mol. The van der Waals surface area contributed by atoms with Crippen molar-refractivity contribution in [2.75, 3.05) is 6.61 Å². The Balaban J connectivity index is 0.00000380. The number of esters is 1. The van der Waals surface area contributed by atoms with Crippen LogP contribution >= 0.6 is 12.0 Å². The molecule has 4 aromatic rings. The first-order valence-electron chi connectivity index (χ1n) is 10.8. The van der Waals surface area contributed by atoms with Crippen LogP contribution < -0.4 is 4.74 Å². The maximum atomic E-state index is 12.5. The van der Waals surface area contributed by atoms with E-state index in [1.54, 1.807) is 23.6 Å². The van der Waals surface area contributed by atoms with Gasteiger partial charge < -0.3 is 13.7 Å². The summed E-state index contributed by atoms with van der Waals surface area (Å²) in [6.07, 6.45) is -3.08. The van der Waals surface area contributed by atoms with E-state index < -0.39 is 18.8 Å². The molecule has 36 heavy (non-hydrogen) atoms. The number of halogens is 3. The van der Waals surface area contributed by atoms with Crippen LogP contribution in [0.2, 0.25) is 0 Å². The van der Waals surface area contributed by atoms with Gasteiger partial charge in [-0.15, -0.1) is 0 Å². The van der Waals surface area contributed by atoms with Crippen molar-refractivity contribution in [3.05, 3.63) is 83.2 Å². The topological polar surface area (TPSA) is 75.5 Å². The van der Waals surface area contributed by atoms with E-state index in [0.29, 0.717) is 27.5 Å². The molecule has 0 amide bonds. The van der Waals surface area contributed by atoms with Gasteiger partial charge in [-0.2, -0.15) is 13.2 Å². The van der Waals surface area contributed by atoms with Gasteiger partial charge in [0.05, 0.1) is 34.3 Å². The summed E-state index contributed by atoms with van der Waals surface area (Å²) >= 11 is 0.949. The molecule has 2 heterocycles. The lowest BCUT2D eigenvalue weighted by molar-refractivity contribution is -0.153. The minimum absolute atomic E-state index is 0. The maximum absolute atomic E-state index is 12.5. The van der Waals surface area contributed by atoms with E-state index in [9.17, 15) is 18.0 Å². The Kier molecular flexibility index (Phi) is 7.80. The van der Waals surface area contributed by atoms with Gasteiger partial charge in [0, 0.05) is 13.2 Å². The normalized spacial score (nSPS) is 11.6. The quantitative estimate of drug-likeness (QED) is 0.190. The number of para-hydroxylation sites is 2. The van der Waals surface area contributed by atoms with E-state index in [0.717, 1.165) is 23.1 Å². The number of pyridine rings is 1. The smallest absolute Gasteiger partial charge is 0.422 e. The molecule has 0 spiro atoms. The molecule has 11 heteroatoms.